The Morgan fingerprint density at radius 3 is 2.58 bits per heavy atom. The van der Waals surface area contributed by atoms with Gasteiger partial charge in [-0.3, -0.25) is 0 Å². The Kier molecular flexibility index (Phi) is 5.02. The molecule has 24 heavy (non-hydrogen) atoms. The van der Waals surface area contributed by atoms with Crippen LogP contribution in [0, 0.1) is 11.6 Å². The summed E-state index contributed by atoms with van der Waals surface area (Å²) in [4.78, 5) is 3.74. The lowest BCUT2D eigenvalue weighted by molar-refractivity contribution is -0.0380. The molecule has 1 aromatic heterocycles. The van der Waals surface area contributed by atoms with Gasteiger partial charge in [0.05, 0.1) is 18.8 Å². The molecule has 0 bridgehead atoms. The smallest absolute Gasteiger partial charge is 0.211 e. The van der Waals surface area contributed by atoms with Crippen LogP contribution in [0.25, 0.3) is 0 Å². The maximum atomic E-state index is 14.3. The van der Waals surface area contributed by atoms with E-state index in [9.17, 15) is 22.3 Å². The predicted molar refractivity (Wildman–Crippen MR) is 82.3 cm³/mol. The van der Waals surface area contributed by atoms with Crippen LogP contribution in [0.4, 0.5) is 8.78 Å². The highest BCUT2D eigenvalue weighted by Gasteiger charge is 2.43. The van der Waals surface area contributed by atoms with Crippen LogP contribution in [-0.2, 0) is 22.2 Å². The van der Waals surface area contributed by atoms with E-state index in [4.69, 9.17) is 0 Å². The number of aromatic nitrogens is 3. The molecule has 0 saturated heterocycles. The van der Waals surface area contributed by atoms with Crippen molar-refractivity contribution in [1.29, 1.82) is 0 Å². The minimum atomic E-state index is -3.66. The summed E-state index contributed by atoms with van der Waals surface area (Å²) in [5.41, 5.74) is -2.23. The molecule has 0 saturated carbocycles. The Labute approximate surface area is 138 Å². The van der Waals surface area contributed by atoms with Gasteiger partial charge < -0.3 is 5.11 Å². The van der Waals surface area contributed by atoms with Crippen molar-refractivity contribution < 1.29 is 22.3 Å². The van der Waals surface area contributed by atoms with E-state index in [1.807, 2.05) is 0 Å². The van der Waals surface area contributed by atoms with Crippen LogP contribution in [0.2, 0.25) is 0 Å². The maximum Gasteiger partial charge on any atom is 0.211 e. The number of hydrogen-bond acceptors (Lipinski definition) is 5. The fourth-order valence-electron chi connectivity index (χ4n) is 2.43. The van der Waals surface area contributed by atoms with Crippen LogP contribution in [0.5, 0.6) is 0 Å². The van der Waals surface area contributed by atoms with Gasteiger partial charge in [-0.2, -0.15) is 9.40 Å². The van der Waals surface area contributed by atoms with Gasteiger partial charge in [-0.05, 0) is 13.0 Å². The molecule has 1 heterocycles. The van der Waals surface area contributed by atoms with Gasteiger partial charge in [0.1, 0.15) is 29.9 Å². The minimum absolute atomic E-state index is 0.234. The highest BCUT2D eigenvalue weighted by molar-refractivity contribution is 7.88. The van der Waals surface area contributed by atoms with E-state index in [2.05, 4.69) is 10.1 Å². The van der Waals surface area contributed by atoms with Crippen molar-refractivity contribution in [2.75, 3.05) is 13.3 Å². The van der Waals surface area contributed by atoms with E-state index in [1.54, 1.807) is 0 Å². The van der Waals surface area contributed by atoms with E-state index in [1.165, 1.54) is 31.3 Å². The number of sulfonamides is 1. The molecule has 2 atom stereocenters. The number of benzene rings is 1. The topological polar surface area (TPSA) is 88.3 Å². The van der Waals surface area contributed by atoms with E-state index in [-0.39, 0.29) is 12.1 Å². The molecule has 0 aliphatic carbocycles. The Bertz CT molecular complexity index is 813. The summed E-state index contributed by atoms with van der Waals surface area (Å²) < 4.78 is 53.3. The molecule has 0 radical (unpaired) electrons. The maximum absolute atomic E-state index is 14.3. The summed E-state index contributed by atoms with van der Waals surface area (Å²) in [7, 11) is -2.39. The minimum Gasteiger partial charge on any atom is -0.381 e. The summed E-state index contributed by atoms with van der Waals surface area (Å²) in [5, 5.41) is 15.0. The number of rotatable bonds is 6. The summed E-state index contributed by atoms with van der Waals surface area (Å²) in [5.74, 6) is -1.78. The van der Waals surface area contributed by atoms with E-state index in [0.717, 1.165) is 22.7 Å². The number of halogens is 2. The highest BCUT2D eigenvalue weighted by Crippen LogP contribution is 2.33. The van der Waals surface area contributed by atoms with Gasteiger partial charge in [0, 0.05) is 18.7 Å². The van der Waals surface area contributed by atoms with Crippen molar-refractivity contribution in [1.82, 2.24) is 19.1 Å². The summed E-state index contributed by atoms with van der Waals surface area (Å²) in [6, 6.07) is 1.66. The first-order chi connectivity index (χ1) is 11.1. The van der Waals surface area contributed by atoms with Crippen LogP contribution in [0.1, 0.15) is 12.5 Å². The van der Waals surface area contributed by atoms with E-state index < -0.39 is 33.3 Å². The van der Waals surface area contributed by atoms with Gasteiger partial charge in [-0.15, -0.1) is 0 Å². The molecule has 0 aliphatic heterocycles. The number of nitrogens with zero attached hydrogens (tertiary/aromatic N) is 4. The quantitative estimate of drug-likeness (QED) is 0.820. The largest absolute Gasteiger partial charge is 0.381 e. The van der Waals surface area contributed by atoms with Gasteiger partial charge >= 0.3 is 0 Å². The van der Waals surface area contributed by atoms with Crippen molar-refractivity contribution in [3.8, 4) is 0 Å². The van der Waals surface area contributed by atoms with Gasteiger partial charge in [0.15, 0.2) is 0 Å². The third-order valence-electron chi connectivity index (χ3n) is 4.03. The lowest BCUT2D eigenvalue weighted by Gasteiger charge is -2.38. The zero-order valence-electron chi connectivity index (χ0n) is 13.4. The Hall–Kier alpha value is -1.91. The normalized spacial score (nSPS) is 16.1. The van der Waals surface area contributed by atoms with Crippen LogP contribution in [-0.4, -0.2) is 51.9 Å². The fourth-order valence-corrected chi connectivity index (χ4v) is 3.18. The lowest BCUT2D eigenvalue weighted by atomic mass is 9.86. The number of aliphatic hydroxyl groups is 1. The fraction of sp³-hybridized carbons (Fsp3) is 0.429. The second-order valence-corrected chi connectivity index (χ2v) is 7.64. The molecule has 10 heteroatoms. The summed E-state index contributed by atoms with van der Waals surface area (Å²) in [6.45, 7) is 1.16. The monoisotopic (exact) mass is 360 g/mol. The van der Waals surface area contributed by atoms with Gasteiger partial charge in [0.25, 0.3) is 0 Å². The molecule has 0 spiro atoms. The zero-order valence-corrected chi connectivity index (χ0v) is 14.2. The molecular weight excluding hydrogens is 342 g/mol. The van der Waals surface area contributed by atoms with Crippen molar-refractivity contribution >= 4 is 10.0 Å². The number of hydrogen-bond donors (Lipinski definition) is 1. The van der Waals surface area contributed by atoms with Crippen LogP contribution >= 0.6 is 0 Å². The third-order valence-corrected chi connectivity index (χ3v) is 5.39. The van der Waals surface area contributed by atoms with E-state index >= 15 is 0 Å². The SMILES string of the molecule is CC(N(C)S(C)(=O)=O)C(O)(Cn1cncn1)c1ccc(F)cc1F. The lowest BCUT2D eigenvalue weighted by Crippen LogP contribution is -2.52. The third kappa shape index (κ3) is 3.60. The first-order valence-corrected chi connectivity index (χ1v) is 8.84. The van der Waals surface area contributed by atoms with Gasteiger partial charge in [-0.25, -0.2) is 26.9 Å². The van der Waals surface area contributed by atoms with Crippen molar-refractivity contribution in [2.45, 2.75) is 25.1 Å². The van der Waals surface area contributed by atoms with Crippen LogP contribution in [0.15, 0.2) is 30.9 Å². The molecule has 1 N–H and O–H groups in total. The van der Waals surface area contributed by atoms with Gasteiger partial charge in [0.2, 0.25) is 10.0 Å². The first kappa shape index (κ1) is 18.4. The average molecular weight is 360 g/mol. The van der Waals surface area contributed by atoms with Crippen molar-refractivity contribution in [2.24, 2.45) is 0 Å². The predicted octanol–water partition coefficient (Wildman–Crippen LogP) is 0.724. The standard InChI is InChI=1S/C14H18F2N4O3S/c1-10(19(2)24(3,22)23)14(21,7-20-9-17-8-18-20)12-5-4-11(15)6-13(12)16/h4-6,8-10,21H,7H2,1-3H3. The molecule has 132 valence electrons. The Balaban J connectivity index is 2.56. The molecule has 0 aliphatic rings. The molecule has 0 amide bonds. The van der Waals surface area contributed by atoms with Crippen molar-refractivity contribution in [3.05, 3.63) is 48.1 Å². The second-order valence-electron chi connectivity index (χ2n) is 5.60. The molecule has 2 rings (SSSR count). The van der Waals surface area contributed by atoms with E-state index in [0.29, 0.717) is 6.07 Å². The number of likely N-dealkylation sites (N-methyl/N-ethyl adjacent to an activating group) is 1. The average Bonchev–Trinajstić information content (AvgIpc) is 2.97. The molecule has 1 aromatic carbocycles. The zero-order chi connectivity index (χ0) is 18.1. The van der Waals surface area contributed by atoms with Crippen LogP contribution in [0.3, 0.4) is 0 Å². The molecule has 2 unspecified atom stereocenters. The second kappa shape index (κ2) is 6.54. The Morgan fingerprint density at radius 1 is 1.42 bits per heavy atom. The highest BCUT2D eigenvalue weighted by atomic mass is 32.2. The first-order valence-electron chi connectivity index (χ1n) is 6.99. The van der Waals surface area contributed by atoms with Gasteiger partial charge in [-0.1, -0.05) is 6.07 Å². The summed E-state index contributed by atoms with van der Waals surface area (Å²) in [6.07, 6.45) is 3.51. The van der Waals surface area contributed by atoms with Crippen molar-refractivity contribution in [3.63, 3.8) is 0 Å². The molecule has 2 aromatic rings. The molecule has 0 fully saturated rings. The van der Waals surface area contributed by atoms with Crippen LogP contribution < -0.4 is 0 Å². The molecular formula is C14H18F2N4O3S. The molecule has 7 nitrogen and oxygen atoms in total. The Morgan fingerprint density at radius 2 is 2.08 bits per heavy atom. The summed E-state index contributed by atoms with van der Waals surface area (Å²) >= 11 is 0.